The zero-order valence-electron chi connectivity index (χ0n) is 11.2. The van der Waals surface area contributed by atoms with Gasteiger partial charge in [0.25, 0.3) is 5.91 Å². The fourth-order valence-electron chi connectivity index (χ4n) is 2.44. The largest absolute Gasteiger partial charge is 0.333 e. The highest BCUT2D eigenvalue weighted by Gasteiger charge is 2.31. The Morgan fingerprint density at radius 2 is 2.25 bits per heavy atom. The van der Waals surface area contributed by atoms with Crippen LogP contribution in [0.3, 0.4) is 0 Å². The third-order valence-electron chi connectivity index (χ3n) is 3.40. The molecule has 2 N–H and O–H groups in total. The van der Waals surface area contributed by atoms with E-state index in [2.05, 4.69) is 0 Å². The Hall–Kier alpha value is -1.18. The van der Waals surface area contributed by atoms with Crippen molar-refractivity contribution in [3.8, 4) is 0 Å². The molecule has 1 aliphatic rings. The zero-order chi connectivity index (χ0) is 14.0. The highest BCUT2D eigenvalue weighted by atomic mass is 35.5. The predicted octanol–water partition coefficient (Wildman–Crippen LogP) is 2.42. The third kappa shape index (κ3) is 3.47. The van der Waals surface area contributed by atoms with E-state index in [0.29, 0.717) is 11.4 Å². The van der Waals surface area contributed by atoms with Gasteiger partial charge < -0.3 is 10.6 Å². The molecule has 1 aliphatic heterocycles. The van der Waals surface area contributed by atoms with Gasteiger partial charge in [0.2, 0.25) is 0 Å². The summed E-state index contributed by atoms with van der Waals surface area (Å²) in [5.41, 5.74) is 5.93. The minimum atomic E-state index is -0.472. The minimum Gasteiger partial charge on any atom is -0.333 e. The summed E-state index contributed by atoms with van der Waals surface area (Å²) in [4.78, 5) is 24.8. The Morgan fingerprint density at radius 1 is 1.55 bits per heavy atom. The van der Waals surface area contributed by atoms with E-state index in [9.17, 15) is 14.9 Å². The molecule has 6 nitrogen and oxygen atoms in total. The molecule has 2 heterocycles. The van der Waals surface area contributed by atoms with Crippen molar-refractivity contribution in [2.24, 2.45) is 5.73 Å². The lowest BCUT2D eigenvalue weighted by Crippen LogP contribution is -2.51. The number of likely N-dealkylation sites (tertiary alicyclic amines) is 1. The molecule has 0 aliphatic carbocycles. The Labute approximate surface area is 127 Å². The second-order valence-electron chi connectivity index (χ2n) is 4.82. The van der Waals surface area contributed by atoms with Crippen molar-refractivity contribution < 1.29 is 9.72 Å². The Balaban J connectivity index is 0.00000200. The molecule has 1 aromatic rings. The Kier molecular flexibility index (Phi) is 5.91. The van der Waals surface area contributed by atoms with Crippen LogP contribution in [0, 0.1) is 10.1 Å². The van der Waals surface area contributed by atoms with Crippen LogP contribution in [-0.4, -0.2) is 34.4 Å². The van der Waals surface area contributed by atoms with E-state index >= 15 is 0 Å². The summed E-state index contributed by atoms with van der Waals surface area (Å²) in [5.74, 6) is -0.139. The summed E-state index contributed by atoms with van der Waals surface area (Å²) in [6, 6.07) is 2.85. The normalized spacial score (nSPS) is 20.1. The van der Waals surface area contributed by atoms with Gasteiger partial charge in [-0.15, -0.1) is 12.4 Å². The average molecular weight is 320 g/mol. The first-order valence-electron chi connectivity index (χ1n) is 6.31. The maximum Gasteiger partial charge on any atom is 0.324 e. The number of amides is 1. The van der Waals surface area contributed by atoms with E-state index in [-0.39, 0.29) is 35.4 Å². The molecule has 2 rings (SSSR count). The highest BCUT2D eigenvalue weighted by molar-refractivity contribution is 7.17. The molecule has 0 bridgehead atoms. The van der Waals surface area contributed by atoms with Gasteiger partial charge in [0.1, 0.15) is 0 Å². The molecule has 112 valence electrons. The van der Waals surface area contributed by atoms with Gasteiger partial charge in [-0.25, -0.2) is 0 Å². The van der Waals surface area contributed by atoms with Crippen LogP contribution in [0.4, 0.5) is 5.00 Å². The molecule has 2 unspecified atom stereocenters. The number of carbonyl (C=O) groups is 1. The fraction of sp³-hybridized carbons (Fsp3) is 0.583. The van der Waals surface area contributed by atoms with Crippen molar-refractivity contribution in [2.75, 3.05) is 6.54 Å². The lowest BCUT2D eigenvalue weighted by atomic mass is 9.97. The smallest absolute Gasteiger partial charge is 0.324 e. The van der Waals surface area contributed by atoms with Gasteiger partial charge >= 0.3 is 5.00 Å². The van der Waals surface area contributed by atoms with Crippen LogP contribution >= 0.6 is 23.7 Å². The molecule has 1 fully saturated rings. The van der Waals surface area contributed by atoms with Gasteiger partial charge in [0.05, 0.1) is 9.80 Å². The van der Waals surface area contributed by atoms with Crippen LogP contribution in [-0.2, 0) is 0 Å². The number of nitrogens with zero attached hydrogens (tertiary/aromatic N) is 2. The van der Waals surface area contributed by atoms with E-state index in [4.69, 9.17) is 5.73 Å². The van der Waals surface area contributed by atoms with Gasteiger partial charge in [-0.2, -0.15) is 0 Å². The van der Waals surface area contributed by atoms with E-state index in [0.717, 1.165) is 30.6 Å². The van der Waals surface area contributed by atoms with Crippen molar-refractivity contribution in [3.63, 3.8) is 0 Å². The van der Waals surface area contributed by atoms with E-state index in [1.54, 1.807) is 4.90 Å². The first kappa shape index (κ1) is 16.9. The first-order valence-corrected chi connectivity index (χ1v) is 7.13. The number of hydrogen-bond acceptors (Lipinski definition) is 5. The number of piperidine rings is 1. The number of thiophene rings is 1. The molecular formula is C12H18ClN3O3S. The molecule has 8 heteroatoms. The van der Waals surface area contributed by atoms with Crippen molar-refractivity contribution in [1.82, 2.24) is 4.90 Å². The van der Waals surface area contributed by atoms with Gasteiger partial charge in [0, 0.05) is 24.7 Å². The summed E-state index contributed by atoms with van der Waals surface area (Å²) >= 11 is 0.925. The average Bonchev–Trinajstić information content (AvgIpc) is 2.87. The topological polar surface area (TPSA) is 89.5 Å². The number of nitro groups is 1. The summed E-state index contributed by atoms with van der Waals surface area (Å²) in [6.45, 7) is 2.57. The van der Waals surface area contributed by atoms with Crippen molar-refractivity contribution >= 4 is 34.7 Å². The number of halogens is 1. The number of nitrogens with two attached hydrogens (primary N) is 1. The van der Waals surface area contributed by atoms with E-state index < -0.39 is 4.92 Å². The molecule has 0 saturated carbocycles. The molecule has 1 amide bonds. The Bertz CT molecular complexity index is 492. The summed E-state index contributed by atoms with van der Waals surface area (Å²) in [7, 11) is 0. The summed E-state index contributed by atoms with van der Waals surface area (Å²) in [5, 5.41) is 10.7. The second-order valence-corrected chi connectivity index (χ2v) is 5.88. The van der Waals surface area contributed by atoms with Crippen LogP contribution < -0.4 is 5.73 Å². The predicted molar refractivity (Wildman–Crippen MR) is 80.5 cm³/mol. The number of rotatable bonds is 3. The van der Waals surface area contributed by atoms with Crippen LogP contribution in [0.2, 0.25) is 0 Å². The molecule has 20 heavy (non-hydrogen) atoms. The lowest BCUT2D eigenvalue weighted by molar-refractivity contribution is -0.380. The van der Waals surface area contributed by atoms with Crippen LogP contribution in [0.25, 0.3) is 0 Å². The monoisotopic (exact) mass is 319 g/mol. The molecule has 0 spiro atoms. The highest BCUT2D eigenvalue weighted by Crippen LogP contribution is 2.28. The van der Waals surface area contributed by atoms with Crippen molar-refractivity contribution in [2.45, 2.75) is 38.3 Å². The zero-order valence-corrected chi connectivity index (χ0v) is 12.8. The van der Waals surface area contributed by atoms with Gasteiger partial charge in [-0.3, -0.25) is 14.9 Å². The van der Waals surface area contributed by atoms with Crippen LogP contribution in [0.15, 0.2) is 12.1 Å². The summed E-state index contributed by atoms with van der Waals surface area (Å²) in [6.07, 6.45) is 2.93. The first-order chi connectivity index (χ1) is 9.00. The molecule has 2 atom stereocenters. The standard InChI is InChI=1S/C12H17N3O3S.ClH/c1-8(13)9-4-2-3-7-14(9)12(16)10-5-6-11(19-10)15(17)18;/h5-6,8-9H,2-4,7,13H2,1H3;1H. The van der Waals surface area contributed by atoms with E-state index in [1.807, 2.05) is 6.92 Å². The number of hydrogen-bond donors (Lipinski definition) is 1. The van der Waals surface area contributed by atoms with Crippen LogP contribution in [0.5, 0.6) is 0 Å². The van der Waals surface area contributed by atoms with Crippen molar-refractivity contribution in [3.05, 3.63) is 27.1 Å². The minimum absolute atomic E-state index is 0. The molecule has 0 aromatic carbocycles. The second kappa shape index (κ2) is 7.01. The maximum absolute atomic E-state index is 12.4. The lowest BCUT2D eigenvalue weighted by Gasteiger charge is -2.37. The van der Waals surface area contributed by atoms with E-state index in [1.165, 1.54) is 12.1 Å². The van der Waals surface area contributed by atoms with Gasteiger partial charge in [-0.05, 0) is 32.3 Å². The van der Waals surface area contributed by atoms with Crippen molar-refractivity contribution in [1.29, 1.82) is 0 Å². The molecule has 1 saturated heterocycles. The molecule has 0 radical (unpaired) electrons. The quantitative estimate of drug-likeness (QED) is 0.684. The molecule has 1 aromatic heterocycles. The number of carbonyl (C=O) groups excluding carboxylic acids is 1. The maximum atomic E-state index is 12.4. The molecular weight excluding hydrogens is 302 g/mol. The third-order valence-corrected chi connectivity index (χ3v) is 4.42. The Morgan fingerprint density at radius 3 is 2.80 bits per heavy atom. The fourth-order valence-corrected chi connectivity index (χ4v) is 3.22. The summed E-state index contributed by atoms with van der Waals surface area (Å²) < 4.78 is 0. The SMILES string of the molecule is CC(N)C1CCCCN1C(=O)c1ccc([N+](=O)[O-])s1.Cl. The van der Waals surface area contributed by atoms with Crippen LogP contribution in [0.1, 0.15) is 35.9 Å². The van der Waals surface area contributed by atoms with Gasteiger partial charge in [0.15, 0.2) is 0 Å². The van der Waals surface area contributed by atoms with Gasteiger partial charge in [-0.1, -0.05) is 11.3 Å².